The fraction of sp³-hybridized carbons (Fsp3) is 0.158. The average Bonchev–Trinajstić information content (AvgIpc) is 2.96. The third-order valence-corrected chi connectivity index (χ3v) is 4.45. The smallest absolute Gasteiger partial charge is 0.228 e. The summed E-state index contributed by atoms with van der Waals surface area (Å²) in [5.41, 5.74) is 4.95. The largest absolute Gasteiger partial charge is 0.326 e. The van der Waals surface area contributed by atoms with Gasteiger partial charge in [-0.25, -0.2) is 4.98 Å². The van der Waals surface area contributed by atoms with E-state index in [0.29, 0.717) is 6.42 Å². The quantitative estimate of drug-likeness (QED) is 0.762. The number of carbonyl (C=O) groups excluding carboxylic acids is 1. The molecule has 1 heterocycles. The van der Waals surface area contributed by atoms with Crippen molar-refractivity contribution in [3.8, 4) is 11.3 Å². The zero-order chi connectivity index (χ0) is 16.2. The molecule has 0 bridgehead atoms. The van der Waals surface area contributed by atoms with Crippen molar-refractivity contribution in [3.05, 3.63) is 70.0 Å². The van der Waals surface area contributed by atoms with Gasteiger partial charge >= 0.3 is 0 Å². The molecule has 2 aromatic carbocycles. The third-order valence-electron chi connectivity index (χ3n) is 3.67. The molecule has 0 radical (unpaired) electrons. The fourth-order valence-corrected chi connectivity index (χ4v) is 3.06. The van der Waals surface area contributed by atoms with E-state index in [4.69, 9.17) is 0 Å². The third kappa shape index (κ3) is 3.85. The number of benzene rings is 2. The van der Waals surface area contributed by atoms with E-state index in [1.165, 1.54) is 0 Å². The molecule has 1 N–H and O–H groups in total. The molecule has 4 heteroatoms. The number of amides is 1. The molecule has 3 rings (SSSR count). The van der Waals surface area contributed by atoms with Crippen LogP contribution >= 0.6 is 11.3 Å². The van der Waals surface area contributed by atoms with Gasteiger partial charge in [0.2, 0.25) is 5.91 Å². The minimum atomic E-state index is -0.00842. The summed E-state index contributed by atoms with van der Waals surface area (Å²) < 4.78 is 0. The van der Waals surface area contributed by atoms with Crippen molar-refractivity contribution >= 4 is 22.9 Å². The Morgan fingerprint density at radius 3 is 2.70 bits per heavy atom. The molecule has 1 amide bonds. The highest BCUT2D eigenvalue weighted by atomic mass is 32.1. The molecule has 0 saturated heterocycles. The highest BCUT2D eigenvalue weighted by molar-refractivity contribution is 7.09. The lowest BCUT2D eigenvalue weighted by molar-refractivity contribution is -0.115. The monoisotopic (exact) mass is 322 g/mol. The summed E-state index contributed by atoms with van der Waals surface area (Å²) >= 11 is 1.62. The fourth-order valence-electron chi connectivity index (χ4n) is 2.44. The number of anilines is 1. The van der Waals surface area contributed by atoms with E-state index in [-0.39, 0.29) is 5.91 Å². The van der Waals surface area contributed by atoms with Crippen LogP contribution in [0, 0.1) is 13.8 Å². The van der Waals surface area contributed by atoms with Gasteiger partial charge in [0.1, 0.15) is 0 Å². The van der Waals surface area contributed by atoms with Crippen LogP contribution in [0.1, 0.15) is 16.1 Å². The van der Waals surface area contributed by atoms with E-state index in [1.54, 1.807) is 11.3 Å². The van der Waals surface area contributed by atoms with Gasteiger partial charge in [-0.3, -0.25) is 4.79 Å². The summed E-state index contributed by atoms with van der Waals surface area (Å²) in [6, 6.07) is 15.8. The number of hydrogen-bond acceptors (Lipinski definition) is 3. The maximum absolute atomic E-state index is 12.3. The first-order valence-electron chi connectivity index (χ1n) is 7.49. The van der Waals surface area contributed by atoms with Crippen molar-refractivity contribution in [1.29, 1.82) is 0 Å². The predicted molar refractivity (Wildman–Crippen MR) is 95.8 cm³/mol. The van der Waals surface area contributed by atoms with Crippen molar-refractivity contribution in [2.45, 2.75) is 20.3 Å². The Kier molecular flexibility index (Phi) is 4.53. The van der Waals surface area contributed by atoms with Crippen molar-refractivity contribution < 1.29 is 4.79 Å². The number of nitrogens with one attached hydrogen (secondary N) is 1. The van der Waals surface area contributed by atoms with Gasteiger partial charge in [0.05, 0.1) is 17.1 Å². The molecular formula is C19H18N2OS. The molecule has 1 aromatic heterocycles. The summed E-state index contributed by atoms with van der Waals surface area (Å²) in [6.07, 6.45) is 0.382. The Morgan fingerprint density at radius 1 is 1.13 bits per heavy atom. The predicted octanol–water partition coefficient (Wildman–Crippen LogP) is 4.61. The van der Waals surface area contributed by atoms with E-state index in [2.05, 4.69) is 10.3 Å². The van der Waals surface area contributed by atoms with Gasteiger partial charge < -0.3 is 5.32 Å². The Hall–Kier alpha value is -2.46. The molecular weight excluding hydrogens is 304 g/mol. The number of hydrogen-bond donors (Lipinski definition) is 1. The number of nitrogens with zero attached hydrogens (tertiary/aromatic N) is 1. The minimum Gasteiger partial charge on any atom is -0.326 e. The van der Waals surface area contributed by atoms with Crippen molar-refractivity contribution in [2.75, 3.05) is 5.32 Å². The number of aryl methyl sites for hydroxylation is 2. The standard InChI is InChI=1S/C19H18N2OS/c1-13-6-3-4-7-15(13)11-19(22)21-17-9-5-8-16(10-17)18-12-23-14(2)20-18/h3-10,12H,11H2,1-2H3,(H,21,22). The van der Waals surface area contributed by atoms with Crippen LogP contribution < -0.4 is 5.32 Å². The Balaban J connectivity index is 1.73. The van der Waals surface area contributed by atoms with Crippen molar-refractivity contribution in [3.63, 3.8) is 0 Å². The molecule has 0 aliphatic heterocycles. The first-order valence-corrected chi connectivity index (χ1v) is 8.37. The molecule has 0 spiro atoms. The lowest BCUT2D eigenvalue weighted by Crippen LogP contribution is -2.15. The second-order valence-electron chi connectivity index (χ2n) is 5.48. The van der Waals surface area contributed by atoms with Gasteiger partial charge in [0.15, 0.2) is 0 Å². The molecule has 0 fully saturated rings. The molecule has 3 aromatic rings. The van der Waals surface area contributed by atoms with Gasteiger partial charge in [-0.2, -0.15) is 0 Å². The summed E-state index contributed by atoms with van der Waals surface area (Å²) in [6.45, 7) is 4.01. The van der Waals surface area contributed by atoms with E-state index in [0.717, 1.165) is 33.1 Å². The maximum Gasteiger partial charge on any atom is 0.228 e. The zero-order valence-electron chi connectivity index (χ0n) is 13.2. The highest BCUT2D eigenvalue weighted by Gasteiger charge is 2.08. The van der Waals surface area contributed by atoms with Crippen LogP contribution in [-0.2, 0) is 11.2 Å². The van der Waals surface area contributed by atoms with Gasteiger partial charge in [0.25, 0.3) is 0 Å². The molecule has 0 unspecified atom stereocenters. The van der Waals surface area contributed by atoms with E-state index < -0.39 is 0 Å². The average molecular weight is 322 g/mol. The van der Waals surface area contributed by atoms with Crippen LogP contribution in [0.2, 0.25) is 0 Å². The van der Waals surface area contributed by atoms with Gasteiger partial charge in [-0.15, -0.1) is 11.3 Å². The normalized spacial score (nSPS) is 10.5. The lowest BCUT2D eigenvalue weighted by atomic mass is 10.1. The first-order chi connectivity index (χ1) is 11.1. The van der Waals surface area contributed by atoms with Crippen molar-refractivity contribution in [2.24, 2.45) is 0 Å². The van der Waals surface area contributed by atoms with Gasteiger partial charge in [0, 0.05) is 16.6 Å². The lowest BCUT2D eigenvalue weighted by Gasteiger charge is -2.08. The highest BCUT2D eigenvalue weighted by Crippen LogP contribution is 2.24. The second kappa shape index (κ2) is 6.75. The minimum absolute atomic E-state index is 0.00842. The molecule has 23 heavy (non-hydrogen) atoms. The number of thiazole rings is 1. The summed E-state index contributed by atoms with van der Waals surface area (Å²) in [5, 5.41) is 6.04. The van der Waals surface area contributed by atoms with E-state index in [1.807, 2.05) is 67.8 Å². The first kappa shape index (κ1) is 15.4. The molecule has 3 nitrogen and oxygen atoms in total. The molecule has 116 valence electrons. The second-order valence-corrected chi connectivity index (χ2v) is 6.55. The molecule has 0 saturated carbocycles. The number of rotatable bonds is 4. The van der Waals surface area contributed by atoms with Gasteiger partial charge in [-0.05, 0) is 37.1 Å². The van der Waals surface area contributed by atoms with Crippen LogP contribution in [0.25, 0.3) is 11.3 Å². The van der Waals surface area contributed by atoms with Crippen molar-refractivity contribution in [1.82, 2.24) is 4.98 Å². The maximum atomic E-state index is 12.3. The summed E-state index contributed by atoms with van der Waals surface area (Å²) in [5.74, 6) is -0.00842. The van der Waals surface area contributed by atoms with Crippen LogP contribution in [0.15, 0.2) is 53.9 Å². The number of carbonyl (C=O) groups is 1. The Bertz CT molecular complexity index is 839. The van der Waals surface area contributed by atoms with Crippen LogP contribution in [-0.4, -0.2) is 10.9 Å². The molecule has 0 aliphatic carbocycles. The van der Waals surface area contributed by atoms with Crippen LogP contribution in [0.5, 0.6) is 0 Å². The zero-order valence-corrected chi connectivity index (χ0v) is 14.0. The Labute approximate surface area is 140 Å². The van der Waals surface area contributed by atoms with Crippen LogP contribution in [0.4, 0.5) is 5.69 Å². The van der Waals surface area contributed by atoms with Crippen LogP contribution in [0.3, 0.4) is 0 Å². The Morgan fingerprint density at radius 2 is 1.96 bits per heavy atom. The van der Waals surface area contributed by atoms with E-state index in [9.17, 15) is 4.79 Å². The summed E-state index contributed by atoms with van der Waals surface area (Å²) in [4.78, 5) is 16.7. The molecule has 0 atom stereocenters. The topological polar surface area (TPSA) is 42.0 Å². The van der Waals surface area contributed by atoms with Gasteiger partial charge in [-0.1, -0.05) is 36.4 Å². The SMILES string of the molecule is Cc1nc(-c2cccc(NC(=O)Cc3ccccc3C)c2)cs1. The summed E-state index contributed by atoms with van der Waals surface area (Å²) in [7, 11) is 0. The molecule has 0 aliphatic rings. The number of aromatic nitrogens is 1. The van der Waals surface area contributed by atoms with E-state index >= 15 is 0 Å².